The van der Waals surface area contributed by atoms with Crippen LogP contribution in [0.15, 0.2) is 29.6 Å². The minimum atomic E-state index is -0.581. The highest BCUT2D eigenvalue weighted by molar-refractivity contribution is 5.82. The number of allylic oxidation sites excluding steroid dienone is 1. The molecule has 60 valence electrons. The van der Waals surface area contributed by atoms with Crippen LogP contribution < -0.4 is 0 Å². The molecular formula is C7H9NO3. The maximum atomic E-state index is 10.6. The molecule has 0 atom stereocenters. The number of hydrogen-bond donors (Lipinski definition) is 0. The second kappa shape index (κ2) is 5.34. The van der Waals surface area contributed by atoms with E-state index in [1.54, 1.807) is 0 Å². The predicted molar refractivity (Wildman–Crippen MR) is 40.7 cm³/mol. The van der Waals surface area contributed by atoms with Crippen LogP contribution in [0, 0.1) is 4.91 Å². The Bertz CT molecular complexity index is 196. The van der Waals surface area contributed by atoms with Crippen molar-refractivity contribution >= 4 is 5.97 Å². The molecule has 0 aliphatic carbocycles. The van der Waals surface area contributed by atoms with Crippen LogP contribution in [0.25, 0.3) is 0 Å². The first-order valence-electron chi connectivity index (χ1n) is 3.00. The van der Waals surface area contributed by atoms with Gasteiger partial charge in [-0.15, -0.1) is 4.91 Å². The fraction of sp³-hybridized carbons (Fsp3) is 0.286. The monoisotopic (exact) mass is 155 g/mol. The topological polar surface area (TPSA) is 55.7 Å². The van der Waals surface area contributed by atoms with E-state index in [2.05, 4.69) is 16.5 Å². The SMILES string of the molecule is C=CCOC(=O)/C=C(/C)N=O. The molecule has 0 bridgehead atoms. The molecule has 0 N–H and O–H groups in total. The van der Waals surface area contributed by atoms with Gasteiger partial charge in [-0.25, -0.2) is 4.79 Å². The highest BCUT2D eigenvalue weighted by Gasteiger charge is 1.96. The van der Waals surface area contributed by atoms with Gasteiger partial charge >= 0.3 is 5.97 Å². The summed E-state index contributed by atoms with van der Waals surface area (Å²) in [4.78, 5) is 20.4. The number of carbonyl (C=O) groups is 1. The van der Waals surface area contributed by atoms with E-state index in [1.165, 1.54) is 13.0 Å². The van der Waals surface area contributed by atoms with Crippen LogP contribution in [0.5, 0.6) is 0 Å². The molecule has 0 aromatic rings. The van der Waals surface area contributed by atoms with E-state index in [9.17, 15) is 9.70 Å². The predicted octanol–water partition coefficient (Wildman–Crippen LogP) is 1.39. The third-order valence-electron chi connectivity index (χ3n) is 0.814. The van der Waals surface area contributed by atoms with Gasteiger partial charge < -0.3 is 4.74 Å². The van der Waals surface area contributed by atoms with Crippen molar-refractivity contribution in [2.24, 2.45) is 5.18 Å². The quantitative estimate of drug-likeness (QED) is 0.267. The minimum absolute atomic E-state index is 0.0964. The van der Waals surface area contributed by atoms with Crippen molar-refractivity contribution < 1.29 is 9.53 Å². The van der Waals surface area contributed by atoms with Crippen LogP contribution >= 0.6 is 0 Å². The maximum absolute atomic E-state index is 10.6. The summed E-state index contributed by atoms with van der Waals surface area (Å²) in [6, 6.07) is 0. The van der Waals surface area contributed by atoms with Gasteiger partial charge in [-0.05, 0) is 12.1 Å². The Kier molecular flexibility index (Phi) is 4.64. The lowest BCUT2D eigenvalue weighted by atomic mass is 10.4. The van der Waals surface area contributed by atoms with Gasteiger partial charge in [-0.3, -0.25) is 0 Å². The van der Waals surface area contributed by atoms with E-state index < -0.39 is 5.97 Å². The van der Waals surface area contributed by atoms with Crippen LogP contribution in [-0.2, 0) is 9.53 Å². The van der Waals surface area contributed by atoms with Crippen LogP contribution in [0.1, 0.15) is 6.92 Å². The molecule has 0 unspecified atom stereocenters. The molecule has 0 aromatic carbocycles. The summed E-state index contributed by atoms with van der Waals surface area (Å²) in [5.74, 6) is -0.581. The summed E-state index contributed by atoms with van der Waals surface area (Å²) in [7, 11) is 0. The normalized spacial score (nSPS) is 10.5. The van der Waals surface area contributed by atoms with Gasteiger partial charge in [0.15, 0.2) is 0 Å². The highest BCUT2D eigenvalue weighted by Crippen LogP contribution is 1.93. The molecule has 0 fully saturated rings. The number of hydrogen-bond acceptors (Lipinski definition) is 4. The molecule has 0 aliphatic heterocycles. The number of nitroso groups, excluding NO2 is 1. The van der Waals surface area contributed by atoms with Gasteiger partial charge in [0, 0.05) is 6.08 Å². The number of ether oxygens (including phenoxy) is 1. The smallest absolute Gasteiger partial charge is 0.333 e. The first kappa shape index (κ1) is 9.55. The van der Waals surface area contributed by atoms with E-state index in [0.717, 1.165) is 6.08 Å². The summed E-state index contributed by atoms with van der Waals surface area (Å²) >= 11 is 0. The Balaban J connectivity index is 3.85. The molecule has 4 heteroatoms. The Morgan fingerprint density at radius 3 is 2.82 bits per heavy atom. The minimum Gasteiger partial charge on any atom is -0.458 e. The Hall–Kier alpha value is -1.45. The second-order valence-electron chi connectivity index (χ2n) is 1.80. The molecule has 0 aromatic heterocycles. The third-order valence-corrected chi connectivity index (χ3v) is 0.814. The first-order valence-corrected chi connectivity index (χ1v) is 3.00. The zero-order valence-corrected chi connectivity index (χ0v) is 6.24. The molecule has 0 heterocycles. The zero-order chi connectivity index (χ0) is 8.69. The van der Waals surface area contributed by atoms with Crippen molar-refractivity contribution in [3.05, 3.63) is 29.3 Å². The van der Waals surface area contributed by atoms with Crippen LogP contribution in [0.4, 0.5) is 0 Å². The molecule has 0 aliphatic rings. The average molecular weight is 155 g/mol. The van der Waals surface area contributed by atoms with Crippen LogP contribution in [0.3, 0.4) is 0 Å². The van der Waals surface area contributed by atoms with Gasteiger partial charge in [0.25, 0.3) is 0 Å². The summed E-state index contributed by atoms with van der Waals surface area (Å²) in [6.07, 6.45) is 2.46. The van der Waals surface area contributed by atoms with Gasteiger partial charge in [0.2, 0.25) is 0 Å². The zero-order valence-electron chi connectivity index (χ0n) is 6.24. The molecule has 0 spiro atoms. The summed E-state index contributed by atoms with van der Waals surface area (Å²) in [5, 5.41) is 2.52. The standard InChI is InChI=1S/C7H9NO3/c1-3-4-11-7(9)5-6(2)8-10/h3,5H,1,4H2,2H3/b6-5-. The Morgan fingerprint density at radius 2 is 2.36 bits per heavy atom. The van der Waals surface area contributed by atoms with Gasteiger partial charge in [0.1, 0.15) is 6.61 Å². The molecule has 0 saturated heterocycles. The number of rotatable bonds is 4. The molecule has 0 saturated carbocycles. The fourth-order valence-electron chi connectivity index (χ4n) is 0.380. The lowest BCUT2D eigenvalue weighted by Gasteiger charge is -1.94. The second-order valence-corrected chi connectivity index (χ2v) is 1.80. The summed E-state index contributed by atoms with van der Waals surface area (Å²) < 4.78 is 4.53. The van der Waals surface area contributed by atoms with Gasteiger partial charge in [0.05, 0.1) is 5.70 Å². The Labute approximate surface area is 64.5 Å². The lowest BCUT2D eigenvalue weighted by Crippen LogP contribution is -2.00. The Morgan fingerprint density at radius 1 is 1.73 bits per heavy atom. The van der Waals surface area contributed by atoms with E-state index >= 15 is 0 Å². The van der Waals surface area contributed by atoms with Crippen LogP contribution in [0.2, 0.25) is 0 Å². The van der Waals surface area contributed by atoms with Crippen molar-refractivity contribution in [3.63, 3.8) is 0 Å². The lowest BCUT2D eigenvalue weighted by molar-refractivity contribution is -0.136. The van der Waals surface area contributed by atoms with Crippen molar-refractivity contribution in [2.45, 2.75) is 6.92 Å². The summed E-state index contributed by atoms with van der Waals surface area (Å²) in [5.41, 5.74) is 0.0964. The van der Waals surface area contributed by atoms with E-state index in [4.69, 9.17) is 0 Å². The van der Waals surface area contributed by atoms with Gasteiger partial charge in [-0.2, -0.15) is 0 Å². The number of esters is 1. The van der Waals surface area contributed by atoms with E-state index in [1.807, 2.05) is 0 Å². The summed E-state index contributed by atoms with van der Waals surface area (Å²) in [6.45, 7) is 4.91. The van der Waals surface area contributed by atoms with Crippen molar-refractivity contribution in [2.75, 3.05) is 6.61 Å². The molecule has 0 radical (unpaired) electrons. The molecule has 0 amide bonds. The van der Waals surface area contributed by atoms with Crippen molar-refractivity contribution in [1.82, 2.24) is 0 Å². The first-order chi connectivity index (χ1) is 5.20. The van der Waals surface area contributed by atoms with Crippen molar-refractivity contribution in [1.29, 1.82) is 0 Å². The molecule has 11 heavy (non-hydrogen) atoms. The van der Waals surface area contributed by atoms with Crippen molar-refractivity contribution in [3.8, 4) is 0 Å². The number of carbonyl (C=O) groups excluding carboxylic acids is 1. The third kappa shape index (κ3) is 5.02. The molecule has 4 nitrogen and oxygen atoms in total. The van der Waals surface area contributed by atoms with E-state index in [0.29, 0.717) is 0 Å². The molecular weight excluding hydrogens is 146 g/mol. The molecule has 0 rings (SSSR count). The fourth-order valence-corrected chi connectivity index (χ4v) is 0.380. The average Bonchev–Trinajstić information content (AvgIpc) is 2.00. The maximum Gasteiger partial charge on any atom is 0.333 e. The van der Waals surface area contributed by atoms with Gasteiger partial charge in [-0.1, -0.05) is 12.7 Å². The highest BCUT2D eigenvalue weighted by atomic mass is 16.5. The van der Waals surface area contributed by atoms with E-state index in [-0.39, 0.29) is 12.3 Å². The largest absolute Gasteiger partial charge is 0.458 e. The number of nitrogens with zero attached hydrogens (tertiary/aromatic N) is 1. The van der Waals surface area contributed by atoms with Crippen LogP contribution in [-0.4, -0.2) is 12.6 Å².